The van der Waals surface area contributed by atoms with Crippen LogP contribution in [-0.4, -0.2) is 37.1 Å². The average Bonchev–Trinajstić information content (AvgIpc) is 2.97. The summed E-state index contributed by atoms with van der Waals surface area (Å²) >= 11 is 0. The summed E-state index contributed by atoms with van der Waals surface area (Å²) in [5.74, 6) is 0.972. The molecule has 15 heavy (non-hydrogen) atoms. The first-order valence-corrected chi connectivity index (χ1v) is 6.24. The lowest BCUT2D eigenvalue weighted by Gasteiger charge is -2.27. The summed E-state index contributed by atoms with van der Waals surface area (Å²) in [4.78, 5) is 2.55. The summed E-state index contributed by atoms with van der Waals surface area (Å²) in [6.07, 6.45) is 2.87. The average molecular weight is 210 g/mol. The molecule has 0 saturated heterocycles. The lowest BCUT2D eigenvalue weighted by Crippen LogP contribution is -2.36. The third-order valence-corrected chi connectivity index (χ3v) is 2.97. The van der Waals surface area contributed by atoms with E-state index >= 15 is 0 Å². The zero-order valence-corrected chi connectivity index (χ0v) is 10.6. The van der Waals surface area contributed by atoms with Crippen LogP contribution < -0.4 is 5.32 Å². The Morgan fingerprint density at radius 1 is 1.47 bits per heavy atom. The van der Waals surface area contributed by atoms with E-state index in [1.807, 2.05) is 0 Å². The number of likely N-dealkylation sites (N-methyl/N-ethyl adjacent to an activating group) is 1. The van der Waals surface area contributed by atoms with Crippen molar-refractivity contribution in [3.63, 3.8) is 0 Å². The van der Waals surface area contributed by atoms with Gasteiger partial charge in [-0.3, -0.25) is 4.90 Å². The lowest BCUT2D eigenvalue weighted by molar-refractivity contribution is 0.229. The fraction of sp³-hybridized carbons (Fsp3) is 0.846. The van der Waals surface area contributed by atoms with Crippen molar-refractivity contribution in [3.8, 4) is 0 Å². The third kappa shape index (κ3) is 5.33. The molecule has 0 bridgehead atoms. The van der Waals surface area contributed by atoms with Crippen LogP contribution in [0, 0.1) is 5.92 Å². The number of rotatable bonds is 8. The molecule has 1 fully saturated rings. The molecule has 0 amide bonds. The molecule has 0 aromatic heterocycles. The molecule has 0 unspecified atom stereocenters. The second-order valence-electron chi connectivity index (χ2n) is 5.00. The van der Waals surface area contributed by atoms with Gasteiger partial charge in [0.25, 0.3) is 0 Å². The molecule has 1 N–H and O–H groups in total. The van der Waals surface area contributed by atoms with Crippen molar-refractivity contribution in [2.24, 2.45) is 5.92 Å². The smallest absolute Gasteiger partial charge is 0.0205 e. The van der Waals surface area contributed by atoms with E-state index in [-0.39, 0.29) is 0 Å². The molecule has 0 radical (unpaired) electrons. The van der Waals surface area contributed by atoms with E-state index in [1.54, 1.807) is 0 Å². The highest BCUT2D eigenvalue weighted by molar-refractivity contribution is 5.00. The van der Waals surface area contributed by atoms with Gasteiger partial charge >= 0.3 is 0 Å². The first kappa shape index (κ1) is 12.7. The monoisotopic (exact) mass is 210 g/mol. The molecule has 0 spiro atoms. The minimum absolute atomic E-state index is 0.643. The van der Waals surface area contributed by atoms with Gasteiger partial charge in [-0.25, -0.2) is 0 Å². The fourth-order valence-electron chi connectivity index (χ4n) is 1.73. The van der Waals surface area contributed by atoms with Crippen molar-refractivity contribution in [3.05, 3.63) is 12.2 Å². The van der Waals surface area contributed by atoms with Crippen molar-refractivity contribution < 1.29 is 0 Å². The predicted molar refractivity (Wildman–Crippen MR) is 67.1 cm³/mol. The Morgan fingerprint density at radius 3 is 2.60 bits per heavy atom. The molecule has 1 rings (SSSR count). The van der Waals surface area contributed by atoms with Crippen molar-refractivity contribution in [2.45, 2.75) is 39.7 Å². The first-order chi connectivity index (χ1) is 7.13. The largest absolute Gasteiger partial charge is 0.313 e. The van der Waals surface area contributed by atoms with Crippen molar-refractivity contribution >= 4 is 0 Å². The zero-order chi connectivity index (χ0) is 11.3. The number of nitrogens with zero attached hydrogens (tertiary/aromatic N) is 1. The summed E-state index contributed by atoms with van der Waals surface area (Å²) < 4.78 is 0. The predicted octanol–water partition coefficient (Wildman–Crippen LogP) is 2.27. The van der Waals surface area contributed by atoms with E-state index in [9.17, 15) is 0 Å². The Balaban J connectivity index is 2.25. The molecule has 0 aromatic rings. The normalized spacial score (nSPS) is 16.3. The van der Waals surface area contributed by atoms with Crippen LogP contribution in [0.2, 0.25) is 0 Å². The van der Waals surface area contributed by atoms with Crippen LogP contribution in [0.15, 0.2) is 12.2 Å². The van der Waals surface area contributed by atoms with Crippen LogP contribution >= 0.6 is 0 Å². The van der Waals surface area contributed by atoms with E-state index in [1.165, 1.54) is 25.0 Å². The van der Waals surface area contributed by atoms with Gasteiger partial charge in [0, 0.05) is 25.7 Å². The molecule has 2 nitrogen and oxygen atoms in total. The Bertz CT molecular complexity index is 195. The summed E-state index contributed by atoms with van der Waals surface area (Å²) in [6, 6.07) is 0.643. The number of hydrogen-bond donors (Lipinski definition) is 1. The highest BCUT2D eigenvalue weighted by Crippen LogP contribution is 2.30. The van der Waals surface area contributed by atoms with Crippen LogP contribution in [0.25, 0.3) is 0 Å². The summed E-state index contributed by atoms with van der Waals surface area (Å²) in [5.41, 5.74) is 1.31. The number of hydrogen-bond acceptors (Lipinski definition) is 2. The quantitative estimate of drug-likeness (QED) is 0.618. The molecule has 0 aliphatic heterocycles. The second kappa shape index (κ2) is 6.29. The fourth-order valence-corrected chi connectivity index (χ4v) is 1.73. The maximum Gasteiger partial charge on any atom is 0.0205 e. The zero-order valence-electron chi connectivity index (χ0n) is 10.6. The van der Waals surface area contributed by atoms with Gasteiger partial charge in [0.05, 0.1) is 0 Å². The van der Waals surface area contributed by atoms with Crippen molar-refractivity contribution in [1.82, 2.24) is 10.2 Å². The summed E-state index contributed by atoms with van der Waals surface area (Å²) in [6.45, 7) is 15.2. The van der Waals surface area contributed by atoms with E-state index in [2.05, 4.69) is 37.6 Å². The van der Waals surface area contributed by atoms with E-state index in [0.717, 1.165) is 25.6 Å². The molecule has 1 aliphatic rings. The molecule has 0 heterocycles. The highest BCUT2D eigenvalue weighted by atomic mass is 15.2. The van der Waals surface area contributed by atoms with Gasteiger partial charge < -0.3 is 5.32 Å². The first-order valence-electron chi connectivity index (χ1n) is 6.24. The van der Waals surface area contributed by atoms with Crippen molar-refractivity contribution in [1.29, 1.82) is 0 Å². The Morgan fingerprint density at radius 2 is 2.13 bits per heavy atom. The number of nitrogens with one attached hydrogen (secondary N) is 1. The molecule has 0 aromatic carbocycles. The SMILES string of the molecule is C=C(CNCC)CN(CC1CC1)C(C)C. The van der Waals surface area contributed by atoms with Gasteiger partial charge in [-0.05, 0) is 44.7 Å². The van der Waals surface area contributed by atoms with Gasteiger partial charge in [-0.2, -0.15) is 0 Å². The molecule has 1 saturated carbocycles. The van der Waals surface area contributed by atoms with Crippen LogP contribution in [0.1, 0.15) is 33.6 Å². The third-order valence-electron chi connectivity index (χ3n) is 2.97. The minimum Gasteiger partial charge on any atom is -0.313 e. The molecule has 0 atom stereocenters. The highest BCUT2D eigenvalue weighted by Gasteiger charge is 2.25. The van der Waals surface area contributed by atoms with Gasteiger partial charge in [-0.1, -0.05) is 13.5 Å². The maximum atomic E-state index is 4.14. The van der Waals surface area contributed by atoms with Gasteiger partial charge in [0.1, 0.15) is 0 Å². The van der Waals surface area contributed by atoms with Crippen LogP contribution in [0.5, 0.6) is 0 Å². The van der Waals surface area contributed by atoms with Gasteiger partial charge in [0.15, 0.2) is 0 Å². The Labute approximate surface area is 94.7 Å². The van der Waals surface area contributed by atoms with Crippen LogP contribution in [-0.2, 0) is 0 Å². The maximum absolute atomic E-state index is 4.14. The van der Waals surface area contributed by atoms with E-state index < -0.39 is 0 Å². The molecular weight excluding hydrogens is 184 g/mol. The summed E-state index contributed by atoms with van der Waals surface area (Å²) in [5, 5.41) is 3.34. The topological polar surface area (TPSA) is 15.3 Å². The minimum atomic E-state index is 0.643. The molecular formula is C13H26N2. The second-order valence-corrected chi connectivity index (χ2v) is 5.00. The Hall–Kier alpha value is -0.340. The van der Waals surface area contributed by atoms with Crippen LogP contribution in [0.3, 0.4) is 0 Å². The van der Waals surface area contributed by atoms with E-state index in [0.29, 0.717) is 6.04 Å². The molecule has 1 aliphatic carbocycles. The summed E-state index contributed by atoms with van der Waals surface area (Å²) in [7, 11) is 0. The van der Waals surface area contributed by atoms with Crippen LogP contribution in [0.4, 0.5) is 0 Å². The van der Waals surface area contributed by atoms with Gasteiger partial charge in [-0.15, -0.1) is 0 Å². The van der Waals surface area contributed by atoms with Gasteiger partial charge in [0.2, 0.25) is 0 Å². The standard InChI is InChI=1S/C13H26N2/c1-5-14-8-12(4)9-15(11(2)3)10-13-6-7-13/h11,13-14H,4-10H2,1-3H3. The van der Waals surface area contributed by atoms with E-state index in [4.69, 9.17) is 0 Å². The van der Waals surface area contributed by atoms with Crippen molar-refractivity contribution in [2.75, 3.05) is 26.2 Å². The molecule has 2 heteroatoms. The molecule has 88 valence electrons. The lowest BCUT2D eigenvalue weighted by atomic mass is 10.2. The Kier molecular flexibility index (Phi) is 5.34.